The van der Waals surface area contributed by atoms with E-state index < -0.39 is 10.0 Å². The maximum atomic E-state index is 12.2. The molecule has 1 rings (SSSR count). The molecule has 1 atom stereocenters. The molecule has 0 fully saturated rings. The van der Waals surface area contributed by atoms with Gasteiger partial charge >= 0.3 is 0 Å². The van der Waals surface area contributed by atoms with Gasteiger partial charge in [0.25, 0.3) is 0 Å². The van der Waals surface area contributed by atoms with Crippen LogP contribution in [0, 0.1) is 12.8 Å². The molecule has 1 unspecified atom stereocenters. The van der Waals surface area contributed by atoms with Crippen LogP contribution in [0.4, 0.5) is 5.69 Å². The molecule has 108 valence electrons. The molecule has 0 amide bonds. The number of nitrogen functional groups attached to an aromatic ring is 1. The second kappa shape index (κ2) is 6.36. The molecular formula is C13H22N2O3S. The number of nitrogens with two attached hydrogens (primary N) is 1. The number of rotatable bonds is 6. The van der Waals surface area contributed by atoms with E-state index in [9.17, 15) is 8.42 Å². The Labute approximate surface area is 114 Å². The summed E-state index contributed by atoms with van der Waals surface area (Å²) in [4.78, 5) is 0.152. The van der Waals surface area contributed by atoms with E-state index in [0.29, 0.717) is 12.1 Å². The maximum absolute atomic E-state index is 12.2. The summed E-state index contributed by atoms with van der Waals surface area (Å²) in [5, 5.41) is 8.98. The summed E-state index contributed by atoms with van der Waals surface area (Å²) in [5.41, 5.74) is 7.03. The summed E-state index contributed by atoms with van der Waals surface area (Å²) < 4.78 is 27.1. The number of aliphatic hydroxyl groups excluding tert-OH is 1. The first-order valence-electron chi connectivity index (χ1n) is 6.27. The van der Waals surface area contributed by atoms with Gasteiger partial charge in [-0.1, -0.05) is 19.9 Å². The van der Waals surface area contributed by atoms with Crippen molar-refractivity contribution < 1.29 is 13.5 Å². The highest BCUT2D eigenvalue weighted by Gasteiger charge is 2.22. The van der Waals surface area contributed by atoms with Crippen LogP contribution < -0.4 is 10.5 Å². The molecule has 0 aliphatic rings. The van der Waals surface area contributed by atoms with E-state index in [0.717, 1.165) is 5.56 Å². The Bertz CT molecular complexity index is 527. The van der Waals surface area contributed by atoms with Crippen LogP contribution in [-0.2, 0) is 10.0 Å². The quantitative estimate of drug-likeness (QED) is 0.686. The zero-order valence-electron chi connectivity index (χ0n) is 11.6. The summed E-state index contributed by atoms with van der Waals surface area (Å²) in [5.74, 6) is 0.102. The van der Waals surface area contributed by atoms with Crippen molar-refractivity contribution in [2.24, 2.45) is 5.92 Å². The van der Waals surface area contributed by atoms with Gasteiger partial charge in [-0.15, -0.1) is 0 Å². The number of hydrogen-bond acceptors (Lipinski definition) is 4. The summed E-state index contributed by atoms with van der Waals surface area (Å²) >= 11 is 0. The SMILES string of the molecule is Cc1ccc(S(=O)(=O)NC(CCO)C(C)C)cc1N. The molecule has 19 heavy (non-hydrogen) atoms. The second-order valence-electron chi connectivity index (χ2n) is 5.00. The van der Waals surface area contributed by atoms with Crippen molar-refractivity contribution in [3.05, 3.63) is 23.8 Å². The van der Waals surface area contributed by atoms with Crippen LogP contribution in [0.15, 0.2) is 23.1 Å². The predicted octanol–water partition coefficient (Wildman–Crippen LogP) is 1.26. The van der Waals surface area contributed by atoms with Gasteiger partial charge in [-0.05, 0) is 37.0 Å². The summed E-state index contributed by atoms with van der Waals surface area (Å²) in [6.07, 6.45) is 0.387. The molecule has 1 aromatic carbocycles. The molecular weight excluding hydrogens is 264 g/mol. The standard InChI is InChI=1S/C13H22N2O3S/c1-9(2)13(6-7-16)15-19(17,18)11-5-4-10(3)12(14)8-11/h4-5,8-9,13,15-16H,6-7,14H2,1-3H3. The Hall–Kier alpha value is -1.11. The molecule has 0 saturated heterocycles. The van der Waals surface area contributed by atoms with Crippen LogP contribution in [0.25, 0.3) is 0 Å². The van der Waals surface area contributed by atoms with Gasteiger partial charge in [-0.3, -0.25) is 0 Å². The van der Waals surface area contributed by atoms with E-state index in [4.69, 9.17) is 10.8 Å². The zero-order chi connectivity index (χ0) is 14.6. The van der Waals surface area contributed by atoms with Crippen molar-refractivity contribution in [3.63, 3.8) is 0 Å². The topological polar surface area (TPSA) is 92.4 Å². The van der Waals surface area contributed by atoms with Gasteiger partial charge < -0.3 is 10.8 Å². The molecule has 6 heteroatoms. The average Bonchev–Trinajstić information content (AvgIpc) is 2.31. The molecule has 5 nitrogen and oxygen atoms in total. The summed E-state index contributed by atoms with van der Waals surface area (Å²) in [7, 11) is -3.61. The Morgan fingerprint density at radius 1 is 1.37 bits per heavy atom. The fourth-order valence-corrected chi connectivity index (χ4v) is 3.17. The van der Waals surface area contributed by atoms with Crippen molar-refractivity contribution >= 4 is 15.7 Å². The Morgan fingerprint density at radius 2 is 2.00 bits per heavy atom. The normalized spacial score (nSPS) is 13.7. The van der Waals surface area contributed by atoms with Crippen LogP contribution >= 0.6 is 0 Å². The smallest absolute Gasteiger partial charge is 0.240 e. The number of sulfonamides is 1. The Balaban J connectivity index is 2.99. The number of benzene rings is 1. The van der Waals surface area contributed by atoms with Gasteiger partial charge in [0.1, 0.15) is 0 Å². The van der Waals surface area contributed by atoms with Crippen LogP contribution in [0.1, 0.15) is 25.8 Å². The third kappa shape index (κ3) is 4.19. The third-order valence-electron chi connectivity index (χ3n) is 3.11. The lowest BCUT2D eigenvalue weighted by atomic mass is 10.0. The van der Waals surface area contributed by atoms with Crippen molar-refractivity contribution in [2.45, 2.75) is 38.1 Å². The van der Waals surface area contributed by atoms with Gasteiger partial charge in [0.2, 0.25) is 10.0 Å². The first kappa shape index (κ1) is 15.9. The first-order chi connectivity index (χ1) is 8.77. The molecule has 0 spiro atoms. The number of nitrogens with one attached hydrogen (secondary N) is 1. The molecule has 0 saturated carbocycles. The van der Waals surface area contributed by atoms with Crippen molar-refractivity contribution in [1.82, 2.24) is 4.72 Å². The van der Waals surface area contributed by atoms with Crippen LogP contribution in [0.2, 0.25) is 0 Å². The zero-order valence-corrected chi connectivity index (χ0v) is 12.4. The van der Waals surface area contributed by atoms with E-state index in [-0.39, 0.29) is 23.5 Å². The summed E-state index contributed by atoms with van der Waals surface area (Å²) in [6.45, 7) is 5.59. The van der Waals surface area contributed by atoms with E-state index in [1.165, 1.54) is 12.1 Å². The van der Waals surface area contributed by atoms with Gasteiger partial charge in [0, 0.05) is 18.3 Å². The predicted molar refractivity (Wildman–Crippen MR) is 76.2 cm³/mol. The maximum Gasteiger partial charge on any atom is 0.240 e. The highest BCUT2D eigenvalue weighted by molar-refractivity contribution is 7.89. The van der Waals surface area contributed by atoms with E-state index in [1.54, 1.807) is 6.07 Å². The number of hydrogen-bond donors (Lipinski definition) is 3. The lowest BCUT2D eigenvalue weighted by Crippen LogP contribution is -2.39. The molecule has 0 radical (unpaired) electrons. The van der Waals surface area contributed by atoms with Crippen molar-refractivity contribution in [3.8, 4) is 0 Å². The van der Waals surface area contributed by atoms with Gasteiger partial charge in [0.05, 0.1) is 4.90 Å². The van der Waals surface area contributed by atoms with Crippen molar-refractivity contribution in [1.29, 1.82) is 0 Å². The van der Waals surface area contributed by atoms with E-state index >= 15 is 0 Å². The number of aryl methyl sites for hydroxylation is 1. The monoisotopic (exact) mass is 286 g/mol. The minimum Gasteiger partial charge on any atom is -0.398 e. The third-order valence-corrected chi connectivity index (χ3v) is 4.60. The molecule has 0 bridgehead atoms. The van der Waals surface area contributed by atoms with Crippen molar-refractivity contribution in [2.75, 3.05) is 12.3 Å². The minimum atomic E-state index is -3.61. The van der Waals surface area contributed by atoms with E-state index in [2.05, 4.69) is 4.72 Å². The van der Waals surface area contributed by atoms with Gasteiger partial charge in [0.15, 0.2) is 0 Å². The lowest BCUT2D eigenvalue weighted by Gasteiger charge is -2.21. The van der Waals surface area contributed by atoms with Crippen LogP contribution in [-0.4, -0.2) is 26.2 Å². The molecule has 0 aromatic heterocycles. The second-order valence-corrected chi connectivity index (χ2v) is 6.72. The fraction of sp³-hybridized carbons (Fsp3) is 0.538. The highest BCUT2D eigenvalue weighted by atomic mass is 32.2. The lowest BCUT2D eigenvalue weighted by molar-refractivity contribution is 0.256. The fourth-order valence-electron chi connectivity index (χ4n) is 1.72. The first-order valence-corrected chi connectivity index (χ1v) is 7.75. The molecule has 0 aliphatic heterocycles. The Kier molecular flexibility index (Phi) is 5.34. The van der Waals surface area contributed by atoms with Gasteiger partial charge in [-0.25, -0.2) is 13.1 Å². The highest BCUT2D eigenvalue weighted by Crippen LogP contribution is 2.18. The average molecular weight is 286 g/mol. The van der Waals surface area contributed by atoms with E-state index in [1.807, 2.05) is 20.8 Å². The summed E-state index contributed by atoms with van der Waals surface area (Å²) in [6, 6.07) is 4.37. The molecule has 0 heterocycles. The van der Waals surface area contributed by atoms with Gasteiger partial charge in [-0.2, -0.15) is 0 Å². The molecule has 4 N–H and O–H groups in total. The number of aliphatic hydroxyl groups is 1. The number of anilines is 1. The molecule has 1 aromatic rings. The van der Waals surface area contributed by atoms with Crippen LogP contribution in [0.5, 0.6) is 0 Å². The van der Waals surface area contributed by atoms with Crippen LogP contribution in [0.3, 0.4) is 0 Å². The largest absolute Gasteiger partial charge is 0.398 e. The molecule has 0 aliphatic carbocycles. The minimum absolute atomic E-state index is 0.0542. The Morgan fingerprint density at radius 3 is 2.47 bits per heavy atom.